The zero-order valence-corrected chi connectivity index (χ0v) is 17.0. The Hall–Kier alpha value is -2.04. The van der Waals surface area contributed by atoms with Crippen LogP contribution in [0.5, 0.6) is 11.5 Å². The summed E-state index contributed by atoms with van der Waals surface area (Å²) in [6.45, 7) is 8.39. The van der Waals surface area contributed by atoms with E-state index in [1.54, 1.807) is 14.2 Å². The highest BCUT2D eigenvalue weighted by atomic mass is 16.5. The Morgan fingerprint density at radius 3 is 2.15 bits per heavy atom. The second-order valence-electron chi connectivity index (χ2n) is 7.43. The van der Waals surface area contributed by atoms with Crippen molar-refractivity contribution >= 4 is 0 Å². The largest absolute Gasteiger partial charge is 0.497 e. The fourth-order valence-corrected chi connectivity index (χ4v) is 4.15. The molecule has 0 amide bonds. The summed E-state index contributed by atoms with van der Waals surface area (Å²) in [5, 5.41) is 3.68. The molecular formula is C23H32N2O2. The molecule has 4 heteroatoms. The van der Waals surface area contributed by atoms with Crippen molar-refractivity contribution in [3.63, 3.8) is 0 Å². The van der Waals surface area contributed by atoms with Crippen molar-refractivity contribution in [2.75, 3.05) is 33.9 Å². The average Bonchev–Trinajstić information content (AvgIpc) is 3.20. The van der Waals surface area contributed by atoms with Crippen molar-refractivity contribution in [3.8, 4) is 11.5 Å². The van der Waals surface area contributed by atoms with E-state index in [0.29, 0.717) is 6.04 Å². The zero-order valence-electron chi connectivity index (χ0n) is 17.0. The molecule has 4 nitrogen and oxygen atoms in total. The standard InChI is InChI=1S/C23H32N2O2/c1-17-13-19(14-18(2)23(17)27-4)15-24-16-22(25-11-5-6-12-25)20-7-9-21(26-3)10-8-20/h7-10,13-14,22,24H,5-6,11-12,15-16H2,1-4H3. The van der Waals surface area contributed by atoms with Crippen molar-refractivity contribution in [2.45, 2.75) is 39.3 Å². The lowest BCUT2D eigenvalue weighted by atomic mass is 10.0. The monoisotopic (exact) mass is 368 g/mol. The molecule has 0 bridgehead atoms. The molecule has 0 saturated carbocycles. The molecule has 3 rings (SSSR count). The van der Waals surface area contributed by atoms with Gasteiger partial charge in [-0.25, -0.2) is 0 Å². The van der Waals surface area contributed by atoms with Gasteiger partial charge in [0.25, 0.3) is 0 Å². The van der Waals surface area contributed by atoms with E-state index in [-0.39, 0.29) is 0 Å². The van der Waals surface area contributed by atoms with Gasteiger partial charge in [-0.15, -0.1) is 0 Å². The Labute approximate surface area is 163 Å². The maximum Gasteiger partial charge on any atom is 0.124 e. The summed E-state index contributed by atoms with van der Waals surface area (Å²) in [7, 11) is 3.45. The fraction of sp³-hybridized carbons (Fsp3) is 0.478. The van der Waals surface area contributed by atoms with Gasteiger partial charge in [0.2, 0.25) is 0 Å². The van der Waals surface area contributed by atoms with Gasteiger partial charge in [0.15, 0.2) is 0 Å². The van der Waals surface area contributed by atoms with Gasteiger partial charge in [0, 0.05) is 19.1 Å². The number of methoxy groups -OCH3 is 2. The SMILES string of the molecule is COc1ccc(C(CNCc2cc(C)c(OC)c(C)c2)N2CCCC2)cc1. The number of rotatable bonds is 8. The first-order valence-electron chi connectivity index (χ1n) is 9.85. The lowest BCUT2D eigenvalue weighted by Gasteiger charge is -2.28. The minimum atomic E-state index is 0.402. The number of benzene rings is 2. The van der Waals surface area contributed by atoms with E-state index >= 15 is 0 Å². The third-order valence-electron chi connectivity index (χ3n) is 5.47. The van der Waals surface area contributed by atoms with Crippen molar-refractivity contribution in [2.24, 2.45) is 0 Å². The Bertz CT molecular complexity index is 714. The maximum absolute atomic E-state index is 5.48. The Morgan fingerprint density at radius 1 is 0.963 bits per heavy atom. The summed E-state index contributed by atoms with van der Waals surface area (Å²) in [5.74, 6) is 1.91. The molecular weight excluding hydrogens is 336 g/mol. The summed E-state index contributed by atoms with van der Waals surface area (Å²) in [5.41, 5.74) is 5.05. The van der Waals surface area contributed by atoms with Crippen LogP contribution in [0.2, 0.25) is 0 Å². The van der Waals surface area contributed by atoms with Crippen LogP contribution in [0, 0.1) is 13.8 Å². The second kappa shape index (κ2) is 9.25. The molecule has 2 aromatic carbocycles. The molecule has 1 N–H and O–H groups in total. The average molecular weight is 369 g/mol. The molecule has 1 unspecified atom stereocenters. The molecule has 1 aliphatic rings. The highest BCUT2D eigenvalue weighted by molar-refractivity contribution is 5.43. The van der Waals surface area contributed by atoms with Crippen LogP contribution >= 0.6 is 0 Å². The summed E-state index contributed by atoms with van der Waals surface area (Å²) in [6, 6.07) is 13.4. The van der Waals surface area contributed by atoms with E-state index in [2.05, 4.69) is 60.5 Å². The first-order valence-corrected chi connectivity index (χ1v) is 9.85. The zero-order chi connectivity index (χ0) is 19.2. The lowest BCUT2D eigenvalue weighted by Crippen LogP contribution is -2.34. The molecule has 0 aliphatic carbocycles. The second-order valence-corrected chi connectivity index (χ2v) is 7.43. The van der Waals surface area contributed by atoms with Crippen molar-refractivity contribution in [3.05, 3.63) is 58.7 Å². The summed E-state index contributed by atoms with van der Waals surface area (Å²) < 4.78 is 10.8. The van der Waals surface area contributed by atoms with Crippen molar-refractivity contribution in [1.29, 1.82) is 0 Å². The molecule has 1 aliphatic heterocycles. The number of hydrogen-bond donors (Lipinski definition) is 1. The number of nitrogens with one attached hydrogen (secondary N) is 1. The number of hydrogen-bond acceptors (Lipinski definition) is 4. The van der Waals surface area contributed by atoms with E-state index in [1.165, 1.54) is 48.2 Å². The third-order valence-corrected chi connectivity index (χ3v) is 5.47. The number of likely N-dealkylation sites (tertiary alicyclic amines) is 1. The van der Waals surface area contributed by atoms with E-state index in [0.717, 1.165) is 24.6 Å². The molecule has 0 aromatic heterocycles. The smallest absolute Gasteiger partial charge is 0.124 e. The summed E-state index contributed by atoms with van der Waals surface area (Å²) in [4.78, 5) is 2.60. The van der Waals surface area contributed by atoms with Crippen LogP contribution in [0.25, 0.3) is 0 Å². The molecule has 1 saturated heterocycles. The maximum atomic E-state index is 5.48. The van der Waals surface area contributed by atoms with Gasteiger partial charge in [-0.2, -0.15) is 0 Å². The lowest BCUT2D eigenvalue weighted by molar-refractivity contribution is 0.238. The van der Waals surface area contributed by atoms with Crippen molar-refractivity contribution < 1.29 is 9.47 Å². The minimum absolute atomic E-state index is 0.402. The molecule has 1 heterocycles. The van der Waals surface area contributed by atoms with Gasteiger partial charge >= 0.3 is 0 Å². The predicted molar refractivity (Wildman–Crippen MR) is 111 cm³/mol. The summed E-state index contributed by atoms with van der Waals surface area (Å²) in [6.07, 6.45) is 2.59. The summed E-state index contributed by atoms with van der Waals surface area (Å²) >= 11 is 0. The van der Waals surface area contributed by atoms with Gasteiger partial charge in [-0.3, -0.25) is 4.90 Å². The minimum Gasteiger partial charge on any atom is -0.497 e. The highest BCUT2D eigenvalue weighted by Crippen LogP contribution is 2.27. The van der Waals surface area contributed by atoms with E-state index < -0.39 is 0 Å². The molecule has 0 spiro atoms. The van der Waals surface area contributed by atoms with Gasteiger partial charge in [0.1, 0.15) is 11.5 Å². The first kappa shape index (κ1) is 19.7. The number of ether oxygens (including phenoxy) is 2. The first-order chi connectivity index (χ1) is 13.1. The predicted octanol–water partition coefficient (Wildman–Crippen LogP) is 4.25. The van der Waals surface area contributed by atoms with Crippen LogP contribution in [0.1, 0.15) is 41.1 Å². The molecule has 2 aromatic rings. The molecule has 146 valence electrons. The molecule has 1 atom stereocenters. The molecule has 1 fully saturated rings. The van der Waals surface area contributed by atoms with Gasteiger partial charge < -0.3 is 14.8 Å². The van der Waals surface area contributed by atoms with Gasteiger partial charge in [0.05, 0.1) is 14.2 Å². The quantitative estimate of drug-likeness (QED) is 0.755. The highest BCUT2D eigenvalue weighted by Gasteiger charge is 2.23. The Kier molecular flexibility index (Phi) is 6.75. The van der Waals surface area contributed by atoms with Gasteiger partial charge in [-0.05, 0) is 74.2 Å². The molecule has 27 heavy (non-hydrogen) atoms. The van der Waals surface area contributed by atoms with Crippen LogP contribution in [0.4, 0.5) is 0 Å². The number of nitrogens with zero attached hydrogens (tertiary/aromatic N) is 1. The number of aryl methyl sites for hydroxylation is 2. The Morgan fingerprint density at radius 2 is 1.59 bits per heavy atom. The van der Waals surface area contributed by atoms with Crippen LogP contribution in [-0.2, 0) is 6.54 Å². The van der Waals surface area contributed by atoms with Crippen LogP contribution in [0.3, 0.4) is 0 Å². The normalized spacial score (nSPS) is 15.7. The Balaban J connectivity index is 1.67. The van der Waals surface area contributed by atoms with E-state index in [4.69, 9.17) is 9.47 Å². The van der Waals surface area contributed by atoms with Crippen molar-refractivity contribution in [1.82, 2.24) is 10.2 Å². The van der Waals surface area contributed by atoms with Crippen LogP contribution in [0.15, 0.2) is 36.4 Å². The van der Waals surface area contributed by atoms with Crippen LogP contribution < -0.4 is 14.8 Å². The van der Waals surface area contributed by atoms with Gasteiger partial charge in [-0.1, -0.05) is 24.3 Å². The topological polar surface area (TPSA) is 33.7 Å². The molecule has 0 radical (unpaired) electrons. The van der Waals surface area contributed by atoms with Crippen LogP contribution in [-0.4, -0.2) is 38.8 Å². The van der Waals surface area contributed by atoms with E-state index in [1.807, 2.05) is 0 Å². The third kappa shape index (κ3) is 4.82. The van der Waals surface area contributed by atoms with E-state index in [9.17, 15) is 0 Å². The fourth-order valence-electron chi connectivity index (χ4n) is 4.15.